The molecule has 9 heteroatoms. The van der Waals surface area contributed by atoms with Crippen molar-refractivity contribution in [2.45, 2.75) is 53.2 Å². The van der Waals surface area contributed by atoms with Gasteiger partial charge in [-0.15, -0.1) is 5.10 Å². The summed E-state index contributed by atoms with van der Waals surface area (Å²) < 4.78 is 19.8. The van der Waals surface area contributed by atoms with Crippen molar-refractivity contribution in [3.05, 3.63) is 58.3 Å². The molecule has 0 aliphatic heterocycles. The number of hydrogen-bond acceptors (Lipinski definition) is 5. The highest BCUT2D eigenvalue weighted by atomic mass is 19.1. The average molecular weight is 476 g/mol. The molecule has 0 aliphatic carbocycles. The molecule has 0 saturated heterocycles. The van der Waals surface area contributed by atoms with Gasteiger partial charge in [-0.3, -0.25) is 9.67 Å². The summed E-state index contributed by atoms with van der Waals surface area (Å²) in [6.07, 6.45) is 1.83. The minimum atomic E-state index is -1.18. The molecule has 0 saturated carbocycles. The highest BCUT2D eigenvalue weighted by Gasteiger charge is 2.31. The smallest absolute Gasteiger partial charge is 0.123 e. The van der Waals surface area contributed by atoms with E-state index in [1.54, 1.807) is 35.3 Å². The summed E-state index contributed by atoms with van der Waals surface area (Å²) in [5, 5.41) is 24.1. The Balaban J connectivity index is 1.92. The lowest BCUT2D eigenvalue weighted by atomic mass is 9.96. The molecule has 5 rings (SSSR count). The zero-order chi connectivity index (χ0) is 25.4. The standard InChI is InChI=1S/C26H30FN7O/c1-13-9-18(27)10-14(2)20(13)16(4)34-19-11-17(22-15(3)29-31-33(22)8)12-28-21(19)23-24(34)25(26(5,6)35)30-32(23)7/h9-12,16,35H,1-8H3. The fourth-order valence-electron chi connectivity index (χ4n) is 5.46. The fourth-order valence-corrected chi connectivity index (χ4v) is 5.46. The summed E-state index contributed by atoms with van der Waals surface area (Å²) in [4.78, 5) is 4.87. The molecular formula is C26H30FN7O. The van der Waals surface area contributed by atoms with Gasteiger partial charge in [-0.2, -0.15) is 5.10 Å². The van der Waals surface area contributed by atoms with Crippen molar-refractivity contribution in [3.8, 4) is 11.3 Å². The maximum Gasteiger partial charge on any atom is 0.123 e. The Kier molecular flexibility index (Phi) is 5.10. The van der Waals surface area contributed by atoms with Gasteiger partial charge in [-0.25, -0.2) is 9.07 Å². The molecule has 1 aromatic carbocycles. The Bertz CT molecular complexity index is 1570. The second kappa shape index (κ2) is 7.71. The van der Waals surface area contributed by atoms with Gasteiger partial charge in [0.05, 0.1) is 28.5 Å². The second-order valence-corrected chi connectivity index (χ2v) is 9.97. The molecule has 0 aliphatic rings. The fraction of sp³-hybridized carbons (Fsp3) is 0.385. The zero-order valence-corrected chi connectivity index (χ0v) is 21.3. The van der Waals surface area contributed by atoms with Gasteiger partial charge in [-0.1, -0.05) is 5.21 Å². The summed E-state index contributed by atoms with van der Waals surface area (Å²) in [7, 11) is 3.73. The first kappa shape index (κ1) is 23.2. The monoisotopic (exact) mass is 475 g/mol. The number of aromatic nitrogens is 7. The van der Waals surface area contributed by atoms with E-state index in [4.69, 9.17) is 4.98 Å². The van der Waals surface area contributed by atoms with Crippen LogP contribution in [0.4, 0.5) is 4.39 Å². The SMILES string of the molecule is Cc1cc(F)cc(C)c1C(C)n1c2cc(-c3c(C)nnn3C)cnc2c2c1c(C(C)(C)O)nn2C. The van der Waals surface area contributed by atoms with E-state index in [9.17, 15) is 9.50 Å². The van der Waals surface area contributed by atoms with E-state index in [1.165, 1.54) is 0 Å². The molecule has 1 N–H and O–H groups in total. The topological polar surface area (TPSA) is 86.6 Å². The van der Waals surface area contributed by atoms with Crippen LogP contribution in [0, 0.1) is 26.6 Å². The number of aryl methyl sites for hydroxylation is 5. The van der Waals surface area contributed by atoms with Gasteiger partial charge in [0.1, 0.15) is 28.1 Å². The molecular weight excluding hydrogens is 445 g/mol. The van der Waals surface area contributed by atoms with Gasteiger partial charge in [-0.05, 0) is 76.4 Å². The van der Waals surface area contributed by atoms with E-state index in [0.29, 0.717) is 5.69 Å². The Morgan fingerprint density at radius 3 is 2.23 bits per heavy atom. The lowest BCUT2D eigenvalue weighted by Gasteiger charge is -2.23. The van der Waals surface area contributed by atoms with E-state index in [-0.39, 0.29) is 11.9 Å². The number of hydrogen-bond donors (Lipinski definition) is 1. The van der Waals surface area contributed by atoms with Gasteiger partial charge in [0.2, 0.25) is 0 Å². The predicted molar refractivity (Wildman–Crippen MR) is 134 cm³/mol. The molecule has 5 aromatic rings. The minimum Gasteiger partial charge on any atom is -0.384 e. The third-order valence-corrected chi connectivity index (χ3v) is 6.83. The molecule has 4 heterocycles. The van der Waals surface area contributed by atoms with Crippen molar-refractivity contribution >= 4 is 22.1 Å². The molecule has 35 heavy (non-hydrogen) atoms. The summed E-state index contributed by atoms with van der Waals surface area (Å²) in [5.41, 5.74) is 8.09. The first-order valence-electron chi connectivity index (χ1n) is 11.6. The summed E-state index contributed by atoms with van der Waals surface area (Å²) in [6, 6.07) is 5.04. The van der Waals surface area contributed by atoms with Crippen molar-refractivity contribution in [2.75, 3.05) is 0 Å². The number of benzene rings is 1. The van der Waals surface area contributed by atoms with Crippen LogP contribution < -0.4 is 0 Å². The first-order valence-corrected chi connectivity index (χ1v) is 11.6. The van der Waals surface area contributed by atoms with Gasteiger partial charge in [0.25, 0.3) is 0 Å². The number of halogens is 1. The maximum absolute atomic E-state index is 14.2. The van der Waals surface area contributed by atoms with Crippen LogP contribution in [-0.2, 0) is 19.7 Å². The van der Waals surface area contributed by atoms with Crippen molar-refractivity contribution in [2.24, 2.45) is 14.1 Å². The molecule has 182 valence electrons. The van der Waals surface area contributed by atoms with Crippen LogP contribution in [0.2, 0.25) is 0 Å². The number of fused-ring (bicyclic) bond motifs is 3. The van der Waals surface area contributed by atoms with Gasteiger partial charge in [0.15, 0.2) is 0 Å². The largest absolute Gasteiger partial charge is 0.384 e. The van der Waals surface area contributed by atoms with E-state index in [2.05, 4.69) is 33.0 Å². The normalized spacial score (nSPS) is 13.3. The number of pyridine rings is 1. The molecule has 1 unspecified atom stereocenters. The summed E-state index contributed by atoms with van der Waals surface area (Å²) in [6.45, 7) is 11.3. The van der Waals surface area contributed by atoms with Crippen LogP contribution in [0.3, 0.4) is 0 Å². The van der Waals surface area contributed by atoms with Crippen LogP contribution >= 0.6 is 0 Å². The molecule has 0 bridgehead atoms. The van der Waals surface area contributed by atoms with Crippen LogP contribution in [-0.4, -0.2) is 39.4 Å². The van der Waals surface area contributed by atoms with Gasteiger partial charge >= 0.3 is 0 Å². The molecule has 8 nitrogen and oxygen atoms in total. The van der Waals surface area contributed by atoms with Crippen LogP contribution in [0.5, 0.6) is 0 Å². The van der Waals surface area contributed by atoms with E-state index in [0.717, 1.165) is 55.7 Å². The highest BCUT2D eigenvalue weighted by Crippen LogP contribution is 2.40. The van der Waals surface area contributed by atoms with Crippen LogP contribution in [0.15, 0.2) is 24.4 Å². The maximum atomic E-state index is 14.2. The first-order chi connectivity index (χ1) is 16.4. The van der Waals surface area contributed by atoms with Crippen molar-refractivity contribution in [1.29, 1.82) is 0 Å². The number of nitrogens with zero attached hydrogens (tertiary/aromatic N) is 7. The highest BCUT2D eigenvalue weighted by molar-refractivity contribution is 6.06. The quantitative estimate of drug-likeness (QED) is 0.410. The Morgan fingerprint density at radius 2 is 1.66 bits per heavy atom. The summed E-state index contributed by atoms with van der Waals surface area (Å²) in [5.74, 6) is -0.250. The Hall–Kier alpha value is -3.59. The molecule has 0 spiro atoms. The second-order valence-electron chi connectivity index (χ2n) is 9.97. The van der Waals surface area contributed by atoms with E-state index >= 15 is 0 Å². The summed E-state index contributed by atoms with van der Waals surface area (Å²) >= 11 is 0. The predicted octanol–water partition coefficient (Wildman–Crippen LogP) is 4.62. The van der Waals surface area contributed by atoms with Gasteiger partial charge in [0, 0.05) is 25.9 Å². The molecule has 1 atom stereocenters. The van der Waals surface area contributed by atoms with E-state index < -0.39 is 5.60 Å². The van der Waals surface area contributed by atoms with Crippen LogP contribution in [0.1, 0.15) is 54.9 Å². The van der Waals surface area contributed by atoms with Crippen molar-refractivity contribution in [3.63, 3.8) is 0 Å². The molecule has 0 fully saturated rings. The Morgan fingerprint density at radius 1 is 1.00 bits per heavy atom. The number of rotatable bonds is 4. The number of aliphatic hydroxyl groups is 1. The van der Waals surface area contributed by atoms with E-state index in [1.807, 2.05) is 41.1 Å². The van der Waals surface area contributed by atoms with Crippen molar-refractivity contribution < 1.29 is 9.50 Å². The molecule has 0 amide bonds. The van der Waals surface area contributed by atoms with Crippen LogP contribution in [0.25, 0.3) is 33.3 Å². The lowest BCUT2D eigenvalue weighted by molar-refractivity contribution is 0.0743. The third-order valence-electron chi connectivity index (χ3n) is 6.83. The van der Waals surface area contributed by atoms with Crippen molar-refractivity contribution in [1.82, 2.24) is 34.3 Å². The lowest BCUT2D eigenvalue weighted by Crippen LogP contribution is -2.19. The average Bonchev–Trinajstić information content (AvgIpc) is 3.37. The Labute approximate surface area is 203 Å². The molecule has 0 radical (unpaired) electrons. The zero-order valence-electron chi connectivity index (χ0n) is 21.3. The third kappa shape index (κ3) is 3.44. The minimum absolute atomic E-state index is 0.177. The van der Waals surface area contributed by atoms with Gasteiger partial charge < -0.3 is 9.67 Å². The molecule has 4 aromatic heterocycles.